The van der Waals surface area contributed by atoms with E-state index in [9.17, 15) is 4.79 Å². The van der Waals surface area contributed by atoms with E-state index in [2.05, 4.69) is 50.2 Å². The number of carbonyl (C=O) groups is 1. The number of hydrogen-bond acceptors (Lipinski definition) is 7. The standard InChI is InChI=1S/C15H23N3O2.C10H15N3.CH4.ClH/c1-12-5-6-13(16-11-12)17-7-9-18(10-8-17)14(19)20-15(2,3)4;1-9-2-3-10(12-8-9)13-6-4-11-5-7-13;;/h5-6,11H,7-10H2,1-4H3;2-3,8,11H,4-7H2,1H3;1H4;1H. The highest BCUT2D eigenvalue weighted by Gasteiger charge is 2.26. The topological polar surface area (TPSA) is 73.8 Å². The quantitative estimate of drug-likeness (QED) is 0.650. The lowest BCUT2D eigenvalue weighted by atomic mass is 10.2. The van der Waals surface area contributed by atoms with Crippen molar-refractivity contribution < 1.29 is 9.53 Å². The minimum absolute atomic E-state index is 0. The zero-order chi connectivity index (χ0) is 23.8. The molecule has 0 atom stereocenters. The van der Waals surface area contributed by atoms with Gasteiger partial charge in [-0.25, -0.2) is 14.8 Å². The summed E-state index contributed by atoms with van der Waals surface area (Å²) in [6.07, 6.45) is 3.57. The molecule has 0 unspecified atom stereocenters. The fraction of sp³-hybridized carbons (Fsp3) is 0.577. The summed E-state index contributed by atoms with van der Waals surface area (Å²) in [7, 11) is 0. The average molecular weight is 507 g/mol. The zero-order valence-electron chi connectivity index (χ0n) is 21.1. The fourth-order valence-electron chi connectivity index (χ4n) is 3.63. The first-order valence-corrected chi connectivity index (χ1v) is 11.7. The first kappa shape index (κ1) is 30.5. The van der Waals surface area contributed by atoms with Gasteiger partial charge in [0.15, 0.2) is 0 Å². The van der Waals surface area contributed by atoms with Gasteiger partial charge in [0.2, 0.25) is 0 Å². The van der Waals surface area contributed by atoms with E-state index in [-0.39, 0.29) is 25.9 Å². The Morgan fingerprint density at radius 1 is 0.829 bits per heavy atom. The van der Waals surface area contributed by atoms with Crippen molar-refractivity contribution in [2.75, 3.05) is 62.2 Å². The fourth-order valence-corrected chi connectivity index (χ4v) is 3.63. The van der Waals surface area contributed by atoms with Crippen LogP contribution in [0, 0.1) is 13.8 Å². The third-order valence-electron chi connectivity index (χ3n) is 5.49. The highest BCUT2D eigenvalue weighted by atomic mass is 35.5. The Kier molecular flexibility index (Phi) is 12.3. The highest BCUT2D eigenvalue weighted by Crippen LogP contribution is 2.16. The van der Waals surface area contributed by atoms with Crippen LogP contribution in [-0.4, -0.2) is 78.9 Å². The number of rotatable bonds is 2. The maximum atomic E-state index is 12.0. The highest BCUT2D eigenvalue weighted by molar-refractivity contribution is 5.85. The molecular weight excluding hydrogens is 464 g/mol. The number of nitrogens with zero attached hydrogens (tertiary/aromatic N) is 5. The molecule has 4 heterocycles. The first-order chi connectivity index (χ1) is 15.7. The molecule has 2 aliphatic rings. The second-order valence-corrected chi connectivity index (χ2v) is 9.58. The number of carbonyl (C=O) groups excluding carboxylic acids is 1. The Morgan fingerprint density at radius 3 is 1.69 bits per heavy atom. The Bertz CT molecular complexity index is 872. The van der Waals surface area contributed by atoms with E-state index in [4.69, 9.17) is 4.74 Å². The summed E-state index contributed by atoms with van der Waals surface area (Å²) >= 11 is 0. The average Bonchev–Trinajstić information content (AvgIpc) is 2.80. The van der Waals surface area contributed by atoms with Gasteiger partial charge < -0.3 is 24.8 Å². The van der Waals surface area contributed by atoms with E-state index in [1.54, 1.807) is 4.90 Å². The predicted octanol–water partition coefficient (Wildman–Crippen LogP) is 4.30. The van der Waals surface area contributed by atoms with Crippen LogP contribution in [0.15, 0.2) is 36.7 Å². The largest absolute Gasteiger partial charge is 0.444 e. The summed E-state index contributed by atoms with van der Waals surface area (Å²) in [5.41, 5.74) is 1.94. The lowest BCUT2D eigenvalue weighted by Gasteiger charge is -2.36. The number of pyridine rings is 2. The van der Waals surface area contributed by atoms with Crippen molar-refractivity contribution in [1.29, 1.82) is 0 Å². The van der Waals surface area contributed by atoms with Gasteiger partial charge in [-0.1, -0.05) is 19.6 Å². The van der Waals surface area contributed by atoms with Crippen molar-refractivity contribution >= 4 is 30.1 Å². The molecule has 0 spiro atoms. The van der Waals surface area contributed by atoms with Crippen LogP contribution in [0.3, 0.4) is 0 Å². The van der Waals surface area contributed by atoms with Crippen LogP contribution < -0.4 is 15.1 Å². The van der Waals surface area contributed by atoms with Crippen LogP contribution >= 0.6 is 12.4 Å². The van der Waals surface area contributed by atoms with Gasteiger partial charge in [0.25, 0.3) is 0 Å². The van der Waals surface area contributed by atoms with E-state index in [1.165, 1.54) is 5.56 Å². The van der Waals surface area contributed by atoms with Crippen LogP contribution in [0.25, 0.3) is 0 Å². The summed E-state index contributed by atoms with van der Waals surface area (Å²) in [6.45, 7) is 16.9. The van der Waals surface area contributed by atoms with Crippen LogP contribution in [0.5, 0.6) is 0 Å². The number of piperazine rings is 2. The Balaban J connectivity index is 0.000000356. The number of aryl methyl sites for hydroxylation is 2. The second-order valence-electron chi connectivity index (χ2n) is 9.58. The Morgan fingerprint density at radius 2 is 1.29 bits per heavy atom. The van der Waals surface area contributed by atoms with E-state index in [0.717, 1.165) is 56.5 Å². The number of ether oxygens (including phenoxy) is 1. The summed E-state index contributed by atoms with van der Waals surface area (Å²) in [5.74, 6) is 2.08. The van der Waals surface area contributed by atoms with Gasteiger partial charge >= 0.3 is 6.09 Å². The molecule has 4 rings (SSSR count). The lowest BCUT2D eigenvalue weighted by molar-refractivity contribution is 0.0240. The number of halogens is 1. The van der Waals surface area contributed by atoms with E-state index < -0.39 is 5.60 Å². The molecular formula is C26H43ClN6O2. The molecule has 9 heteroatoms. The Hall–Kier alpha value is -2.58. The third-order valence-corrected chi connectivity index (χ3v) is 5.49. The van der Waals surface area contributed by atoms with E-state index >= 15 is 0 Å². The molecule has 1 N–H and O–H groups in total. The first-order valence-electron chi connectivity index (χ1n) is 11.7. The molecule has 196 valence electrons. The van der Waals surface area contributed by atoms with Gasteiger partial charge in [-0.15, -0.1) is 12.4 Å². The Labute approximate surface area is 217 Å². The molecule has 1 amide bonds. The van der Waals surface area contributed by atoms with Gasteiger partial charge in [0.1, 0.15) is 17.2 Å². The summed E-state index contributed by atoms with van der Waals surface area (Å²) in [4.78, 5) is 27.1. The minimum Gasteiger partial charge on any atom is -0.444 e. The van der Waals surface area contributed by atoms with E-state index in [0.29, 0.717) is 13.1 Å². The molecule has 2 saturated heterocycles. The van der Waals surface area contributed by atoms with Gasteiger partial charge in [0.05, 0.1) is 0 Å². The summed E-state index contributed by atoms with van der Waals surface area (Å²) in [5, 5.41) is 3.33. The second kappa shape index (κ2) is 14.1. The molecule has 2 aromatic rings. The van der Waals surface area contributed by atoms with Gasteiger partial charge in [-0.2, -0.15) is 0 Å². The summed E-state index contributed by atoms with van der Waals surface area (Å²) in [6, 6.07) is 8.30. The molecule has 2 aliphatic heterocycles. The lowest BCUT2D eigenvalue weighted by Crippen LogP contribution is -2.50. The van der Waals surface area contributed by atoms with Crippen molar-refractivity contribution in [3.05, 3.63) is 47.8 Å². The number of anilines is 2. The molecule has 0 saturated carbocycles. The number of amides is 1. The zero-order valence-corrected chi connectivity index (χ0v) is 21.9. The van der Waals surface area contributed by atoms with Crippen molar-refractivity contribution in [1.82, 2.24) is 20.2 Å². The smallest absolute Gasteiger partial charge is 0.410 e. The SMILES string of the molecule is C.Cc1ccc(N2CCN(C(=O)OC(C)(C)C)CC2)nc1.Cc1ccc(N2CCNCC2)nc1.Cl. The number of hydrogen-bond donors (Lipinski definition) is 1. The normalized spacial score (nSPS) is 15.7. The van der Waals surface area contributed by atoms with Crippen molar-refractivity contribution in [3.8, 4) is 0 Å². The maximum absolute atomic E-state index is 12.0. The van der Waals surface area contributed by atoms with Crippen molar-refractivity contribution in [2.45, 2.75) is 47.6 Å². The van der Waals surface area contributed by atoms with Crippen molar-refractivity contribution in [2.24, 2.45) is 0 Å². The van der Waals surface area contributed by atoms with Crippen LogP contribution in [-0.2, 0) is 4.74 Å². The maximum Gasteiger partial charge on any atom is 0.410 e. The molecule has 0 radical (unpaired) electrons. The van der Waals surface area contributed by atoms with Crippen LogP contribution in [0.4, 0.5) is 16.4 Å². The molecule has 35 heavy (non-hydrogen) atoms. The molecule has 2 fully saturated rings. The third kappa shape index (κ3) is 9.90. The van der Waals surface area contributed by atoms with Crippen LogP contribution in [0.1, 0.15) is 39.3 Å². The molecule has 0 aliphatic carbocycles. The van der Waals surface area contributed by atoms with Gasteiger partial charge in [0, 0.05) is 64.8 Å². The number of aromatic nitrogens is 2. The molecule has 0 bridgehead atoms. The molecule has 8 nitrogen and oxygen atoms in total. The monoisotopic (exact) mass is 506 g/mol. The molecule has 2 aromatic heterocycles. The minimum atomic E-state index is -0.438. The summed E-state index contributed by atoms with van der Waals surface area (Å²) < 4.78 is 5.39. The molecule has 0 aromatic carbocycles. The van der Waals surface area contributed by atoms with Crippen molar-refractivity contribution in [3.63, 3.8) is 0 Å². The van der Waals surface area contributed by atoms with Gasteiger partial charge in [-0.3, -0.25) is 0 Å². The number of nitrogens with one attached hydrogen (secondary N) is 1. The van der Waals surface area contributed by atoms with E-state index in [1.807, 2.05) is 46.2 Å². The predicted molar refractivity (Wildman–Crippen MR) is 147 cm³/mol. The van der Waals surface area contributed by atoms with Gasteiger partial charge in [-0.05, 0) is 57.9 Å². The van der Waals surface area contributed by atoms with Crippen LogP contribution in [0.2, 0.25) is 0 Å².